The van der Waals surface area contributed by atoms with E-state index in [1.54, 1.807) is 0 Å². The van der Waals surface area contributed by atoms with E-state index < -0.39 is 162 Å². The van der Waals surface area contributed by atoms with Crippen LogP contribution in [0.4, 0.5) is 0 Å². The molecule has 25 nitrogen and oxygen atoms in total. The summed E-state index contributed by atoms with van der Waals surface area (Å²) in [5, 5.41) is 102. The van der Waals surface area contributed by atoms with Gasteiger partial charge in [-0.2, -0.15) is 0 Å². The quantitative estimate of drug-likeness (QED) is 0.00889. The van der Waals surface area contributed by atoms with E-state index >= 15 is 0 Å². The molecule has 0 bridgehead atoms. The van der Waals surface area contributed by atoms with Crippen LogP contribution in [0.2, 0.25) is 0 Å². The van der Waals surface area contributed by atoms with E-state index in [1.807, 2.05) is 0 Å². The number of hydrogen-bond acceptors (Lipinski definition) is 24. The van der Waals surface area contributed by atoms with Gasteiger partial charge >= 0.3 is 31.7 Å². The van der Waals surface area contributed by atoms with Gasteiger partial charge in [0.2, 0.25) is 0 Å². The molecule has 2 saturated heterocycles. The Hall–Kier alpha value is -2.79. The molecule has 688 valence electrons. The van der Waals surface area contributed by atoms with Crippen LogP contribution in [0.5, 0.6) is 0 Å². The van der Waals surface area contributed by atoms with Crippen molar-refractivity contribution in [1.29, 1.82) is 0 Å². The van der Waals surface area contributed by atoms with E-state index in [0.29, 0.717) is 32.1 Å². The van der Waals surface area contributed by atoms with E-state index in [4.69, 9.17) is 46.9 Å². The molecule has 0 spiro atoms. The lowest BCUT2D eigenvalue weighted by Crippen LogP contribution is -2.70. The van der Waals surface area contributed by atoms with Gasteiger partial charge in [-0.25, -0.2) is 4.57 Å². The summed E-state index contributed by atoms with van der Waals surface area (Å²) in [6.07, 6.45) is 29.1. The maximum Gasteiger partial charge on any atom is 0.472 e. The Morgan fingerprint density at radius 2 is 0.641 bits per heavy atom. The zero-order chi connectivity index (χ0) is 85.4. The number of allylic oxidation sites excluding steroid dienone is 2. The third kappa shape index (κ3) is 50.7. The SMILES string of the molecule is CCCCCCCC/C=C\CCCCCC(=O)OCC(COP(=O)(O)OC1C(OC2OC(CO)C(O)C(O)C2O)C(O)C(O)C(OC(=O)CCCCCCCCCCCCCCCCCC)C1OC1OC(COC(=O)CCCCCCCCCCCCCCCCCC)C(O)C(O)C1O)OC(=O)CCCCCCCCCCCCCCC. The largest absolute Gasteiger partial charge is 0.472 e. The number of aliphatic hydroxyl groups is 9. The monoisotopic (exact) mass is 1690 g/mol. The van der Waals surface area contributed by atoms with Gasteiger partial charge in [-0.1, -0.05) is 348 Å². The number of phosphoric acid groups is 1. The van der Waals surface area contributed by atoms with Gasteiger partial charge in [0.1, 0.15) is 92.6 Å². The molecular formula is C91H169O25P. The summed E-state index contributed by atoms with van der Waals surface area (Å²) in [6.45, 7) is 5.60. The first-order chi connectivity index (χ1) is 56.7. The molecule has 18 atom stereocenters. The summed E-state index contributed by atoms with van der Waals surface area (Å²) in [5.41, 5.74) is 0. The number of unbranched alkanes of at least 4 members (excludes halogenated alkanes) is 51. The fourth-order valence-electron chi connectivity index (χ4n) is 15.7. The van der Waals surface area contributed by atoms with Crippen LogP contribution < -0.4 is 0 Å². The second kappa shape index (κ2) is 70.5. The third-order valence-corrected chi connectivity index (χ3v) is 24.3. The number of aliphatic hydroxyl groups excluding tert-OH is 9. The Morgan fingerprint density at radius 1 is 0.333 bits per heavy atom. The highest BCUT2D eigenvalue weighted by Gasteiger charge is 2.60. The average molecular weight is 1690 g/mol. The Morgan fingerprint density at radius 3 is 1.03 bits per heavy atom. The molecular weight excluding hydrogens is 1520 g/mol. The van der Waals surface area contributed by atoms with Crippen molar-refractivity contribution in [2.24, 2.45) is 0 Å². The van der Waals surface area contributed by atoms with Crippen LogP contribution >= 0.6 is 7.82 Å². The van der Waals surface area contributed by atoms with E-state index in [9.17, 15) is 74.6 Å². The standard InChI is InChI=1S/C91H169O25P/c1-5-9-13-17-21-25-29-33-35-37-41-44-48-52-56-60-64-75(94)108-70-73-79(98)81(100)85(104)91(112-73)115-88-86(113-77(96)66-62-58-54-50-46-42-38-36-34-30-26-22-18-14-10-6-2)82(101)83(102)87(114-90-84(103)80(99)78(97)72(67-92)111-90)89(88)116-117(105,106)109-69-71(110-76(95)65-61-57-53-49-45-40-32-28-24-20-16-12-8-4)68-107-74(93)63-59-55-51-47-43-39-31-27-23-19-15-11-7-3/h39,43,71-73,78-92,97-104H,5-38,40-42,44-70H2,1-4H3,(H,105,106)/b43-39-. The van der Waals surface area contributed by atoms with E-state index in [2.05, 4.69) is 39.8 Å². The predicted molar refractivity (Wildman–Crippen MR) is 453 cm³/mol. The molecule has 0 amide bonds. The lowest BCUT2D eigenvalue weighted by molar-refractivity contribution is -0.360. The van der Waals surface area contributed by atoms with Crippen molar-refractivity contribution in [3.63, 3.8) is 0 Å². The number of carbonyl (C=O) groups excluding carboxylic acids is 4. The lowest BCUT2D eigenvalue weighted by Gasteiger charge is -2.50. The number of phosphoric ester groups is 1. The molecule has 3 rings (SSSR count). The van der Waals surface area contributed by atoms with Crippen molar-refractivity contribution in [1.82, 2.24) is 0 Å². The topological polar surface area (TPSA) is 380 Å². The molecule has 18 unspecified atom stereocenters. The van der Waals surface area contributed by atoms with Crippen LogP contribution in [0.25, 0.3) is 0 Å². The van der Waals surface area contributed by atoms with Crippen LogP contribution in [0.3, 0.4) is 0 Å². The highest BCUT2D eigenvalue weighted by atomic mass is 31.2. The molecule has 10 N–H and O–H groups in total. The minimum atomic E-state index is -5.81. The number of esters is 4. The van der Waals surface area contributed by atoms with Gasteiger partial charge < -0.3 is 88.7 Å². The minimum absolute atomic E-state index is 0.0167. The van der Waals surface area contributed by atoms with Crippen molar-refractivity contribution in [2.75, 3.05) is 26.4 Å². The summed E-state index contributed by atoms with van der Waals surface area (Å²) >= 11 is 0. The van der Waals surface area contributed by atoms with Crippen molar-refractivity contribution >= 4 is 31.7 Å². The van der Waals surface area contributed by atoms with Crippen LogP contribution in [0.1, 0.15) is 413 Å². The van der Waals surface area contributed by atoms with Gasteiger partial charge in [0, 0.05) is 25.7 Å². The van der Waals surface area contributed by atoms with Gasteiger partial charge in [-0.3, -0.25) is 28.2 Å². The van der Waals surface area contributed by atoms with E-state index in [0.717, 1.165) is 128 Å². The maximum atomic E-state index is 14.9. The zero-order valence-corrected chi connectivity index (χ0v) is 74.2. The second-order valence-electron chi connectivity index (χ2n) is 33.9. The Labute approximate surface area is 705 Å². The van der Waals surface area contributed by atoms with Crippen LogP contribution in [0.15, 0.2) is 12.2 Å². The molecule has 1 aliphatic carbocycles. The van der Waals surface area contributed by atoms with Crippen molar-refractivity contribution in [3.8, 4) is 0 Å². The molecule has 0 radical (unpaired) electrons. The van der Waals surface area contributed by atoms with Crippen molar-refractivity contribution in [3.05, 3.63) is 12.2 Å². The van der Waals surface area contributed by atoms with Crippen LogP contribution in [-0.2, 0) is 70.7 Å². The van der Waals surface area contributed by atoms with Gasteiger partial charge in [-0.15, -0.1) is 0 Å². The highest BCUT2D eigenvalue weighted by molar-refractivity contribution is 7.47. The molecule has 26 heteroatoms. The normalized spacial score (nSPS) is 25.0. The molecule has 3 aliphatic rings. The molecule has 0 aromatic carbocycles. The van der Waals surface area contributed by atoms with Crippen molar-refractivity contribution < 1.29 is 122 Å². The summed E-state index contributed by atoms with van der Waals surface area (Å²) in [4.78, 5) is 66.4. The smallest absolute Gasteiger partial charge is 0.463 e. The summed E-state index contributed by atoms with van der Waals surface area (Å²) in [6, 6.07) is 0. The number of hydrogen-bond donors (Lipinski definition) is 10. The summed E-state index contributed by atoms with van der Waals surface area (Å²) < 4.78 is 73.4. The lowest BCUT2D eigenvalue weighted by atomic mass is 9.84. The number of rotatable bonds is 77. The van der Waals surface area contributed by atoms with Gasteiger partial charge in [-0.05, 0) is 51.4 Å². The zero-order valence-electron chi connectivity index (χ0n) is 73.3. The first-order valence-electron chi connectivity index (χ1n) is 47.4. The van der Waals surface area contributed by atoms with Gasteiger partial charge in [0.25, 0.3) is 0 Å². The van der Waals surface area contributed by atoms with Crippen LogP contribution in [-0.4, -0.2) is 205 Å². The van der Waals surface area contributed by atoms with Crippen molar-refractivity contribution in [2.45, 2.75) is 517 Å². The molecule has 1 saturated carbocycles. The predicted octanol–water partition coefficient (Wildman–Crippen LogP) is 17.6. The minimum Gasteiger partial charge on any atom is -0.463 e. The molecule has 117 heavy (non-hydrogen) atoms. The summed E-state index contributed by atoms with van der Waals surface area (Å²) in [5.74, 6) is -2.97. The second-order valence-corrected chi connectivity index (χ2v) is 35.3. The van der Waals surface area contributed by atoms with Crippen LogP contribution in [0, 0.1) is 0 Å². The Kier molecular flexibility index (Phi) is 65.3. The molecule has 2 heterocycles. The maximum absolute atomic E-state index is 14.9. The van der Waals surface area contributed by atoms with Gasteiger partial charge in [0.15, 0.2) is 24.8 Å². The molecule has 2 aliphatic heterocycles. The van der Waals surface area contributed by atoms with E-state index in [1.165, 1.54) is 199 Å². The fourth-order valence-corrected chi connectivity index (χ4v) is 16.7. The number of carbonyl (C=O) groups is 4. The molecule has 0 aromatic rings. The Bertz CT molecular complexity index is 2480. The highest BCUT2D eigenvalue weighted by Crippen LogP contribution is 2.49. The fraction of sp³-hybridized carbons (Fsp3) is 0.934. The first-order valence-corrected chi connectivity index (χ1v) is 48.9. The molecule has 0 aromatic heterocycles. The third-order valence-electron chi connectivity index (χ3n) is 23.3. The average Bonchev–Trinajstić information content (AvgIpc) is 0.754. The first kappa shape index (κ1) is 108. The summed E-state index contributed by atoms with van der Waals surface area (Å²) in [7, 11) is -5.81. The van der Waals surface area contributed by atoms with E-state index in [-0.39, 0.29) is 25.7 Å². The number of ether oxygens (including phenoxy) is 8. The Balaban J connectivity index is 1.91. The molecule has 3 fully saturated rings. The van der Waals surface area contributed by atoms with Gasteiger partial charge in [0.05, 0.1) is 13.2 Å².